The van der Waals surface area contributed by atoms with E-state index in [-0.39, 0.29) is 6.04 Å². The van der Waals surface area contributed by atoms with Crippen LogP contribution in [0.25, 0.3) is 0 Å². The highest BCUT2D eigenvalue weighted by molar-refractivity contribution is 6.30. The predicted molar refractivity (Wildman–Crippen MR) is 72.1 cm³/mol. The molecule has 94 valence electrons. The van der Waals surface area contributed by atoms with Gasteiger partial charge in [0.25, 0.3) is 0 Å². The van der Waals surface area contributed by atoms with Crippen LogP contribution in [0.5, 0.6) is 5.75 Å². The number of benzene rings is 1. The smallest absolute Gasteiger partial charge is 0.142 e. The highest BCUT2D eigenvalue weighted by Gasteiger charge is 2.10. The Labute approximate surface area is 111 Å². The van der Waals surface area contributed by atoms with Crippen LogP contribution in [-0.4, -0.2) is 17.1 Å². The van der Waals surface area contributed by atoms with Gasteiger partial charge < -0.3 is 10.1 Å². The number of nitrogens with zero attached hydrogens (tertiary/aromatic N) is 2. The van der Waals surface area contributed by atoms with E-state index in [1.165, 1.54) is 0 Å². The van der Waals surface area contributed by atoms with Crippen molar-refractivity contribution in [2.45, 2.75) is 13.0 Å². The van der Waals surface area contributed by atoms with Crippen LogP contribution in [0.1, 0.15) is 18.7 Å². The third-order valence-corrected chi connectivity index (χ3v) is 2.80. The molecule has 2 rings (SSSR count). The largest absolute Gasteiger partial charge is 0.495 e. The van der Waals surface area contributed by atoms with Crippen molar-refractivity contribution in [1.82, 2.24) is 9.97 Å². The number of rotatable bonds is 4. The highest BCUT2D eigenvalue weighted by Crippen LogP contribution is 2.30. The van der Waals surface area contributed by atoms with Crippen molar-refractivity contribution in [2.75, 3.05) is 12.4 Å². The van der Waals surface area contributed by atoms with E-state index in [4.69, 9.17) is 16.3 Å². The lowest BCUT2D eigenvalue weighted by Gasteiger charge is -2.17. The van der Waals surface area contributed by atoms with Gasteiger partial charge in [0.05, 0.1) is 30.7 Å². The number of hydrogen-bond donors (Lipinski definition) is 1. The van der Waals surface area contributed by atoms with E-state index in [1.807, 2.05) is 19.1 Å². The predicted octanol–water partition coefficient (Wildman–Crippen LogP) is 3.31. The van der Waals surface area contributed by atoms with E-state index in [9.17, 15) is 0 Å². The molecule has 0 saturated heterocycles. The molecule has 0 aliphatic rings. The minimum Gasteiger partial charge on any atom is -0.495 e. The maximum atomic E-state index is 5.98. The molecule has 1 aromatic carbocycles. The monoisotopic (exact) mass is 263 g/mol. The Morgan fingerprint density at radius 1 is 1.33 bits per heavy atom. The molecule has 4 nitrogen and oxygen atoms in total. The molecule has 1 N–H and O–H groups in total. The molecule has 1 unspecified atom stereocenters. The summed E-state index contributed by atoms with van der Waals surface area (Å²) in [5, 5.41) is 3.96. The summed E-state index contributed by atoms with van der Waals surface area (Å²) >= 11 is 5.98. The minimum atomic E-state index is 0.0195. The number of hydrogen-bond acceptors (Lipinski definition) is 4. The Bertz CT molecular complexity index is 519. The average molecular weight is 264 g/mol. The van der Waals surface area contributed by atoms with Crippen LogP contribution in [0.2, 0.25) is 5.02 Å². The Balaban J connectivity index is 2.21. The fraction of sp³-hybridized carbons (Fsp3) is 0.231. The zero-order valence-corrected chi connectivity index (χ0v) is 11.0. The number of ether oxygens (including phenoxy) is 1. The Kier molecular flexibility index (Phi) is 3.99. The van der Waals surface area contributed by atoms with E-state index in [0.29, 0.717) is 5.02 Å². The summed E-state index contributed by atoms with van der Waals surface area (Å²) < 4.78 is 5.28. The number of nitrogens with one attached hydrogen (secondary N) is 1. The van der Waals surface area contributed by atoms with Crippen molar-refractivity contribution in [3.63, 3.8) is 0 Å². The molecular weight excluding hydrogens is 250 g/mol. The summed E-state index contributed by atoms with van der Waals surface area (Å²) in [6.07, 6.45) is 5.05. The molecule has 1 heterocycles. The number of anilines is 1. The zero-order valence-electron chi connectivity index (χ0n) is 10.2. The third-order valence-electron chi connectivity index (χ3n) is 2.56. The molecule has 0 saturated carbocycles. The van der Waals surface area contributed by atoms with Crippen molar-refractivity contribution in [2.24, 2.45) is 0 Å². The summed E-state index contributed by atoms with van der Waals surface area (Å²) in [6.45, 7) is 2.00. The Hall–Kier alpha value is -1.81. The van der Waals surface area contributed by atoms with Crippen LogP contribution in [-0.2, 0) is 0 Å². The van der Waals surface area contributed by atoms with Crippen LogP contribution >= 0.6 is 11.6 Å². The van der Waals surface area contributed by atoms with E-state index in [2.05, 4.69) is 15.3 Å². The van der Waals surface area contributed by atoms with Gasteiger partial charge in [-0.2, -0.15) is 0 Å². The van der Waals surface area contributed by atoms with Gasteiger partial charge in [-0.15, -0.1) is 0 Å². The van der Waals surface area contributed by atoms with Crippen molar-refractivity contribution in [1.29, 1.82) is 0 Å². The highest BCUT2D eigenvalue weighted by atomic mass is 35.5. The summed E-state index contributed by atoms with van der Waals surface area (Å²) in [7, 11) is 1.63. The molecule has 18 heavy (non-hydrogen) atoms. The maximum Gasteiger partial charge on any atom is 0.142 e. The molecule has 1 aromatic heterocycles. The first-order chi connectivity index (χ1) is 8.70. The van der Waals surface area contributed by atoms with Crippen LogP contribution in [0.3, 0.4) is 0 Å². The van der Waals surface area contributed by atoms with E-state index < -0.39 is 0 Å². The lowest BCUT2D eigenvalue weighted by Crippen LogP contribution is -2.09. The van der Waals surface area contributed by atoms with Gasteiger partial charge in [0.15, 0.2) is 0 Å². The second kappa shape index (κ2) is 5.69. The van der Waals surface area contributed by atoms with Gasteiger partial charge >= 0.3 is 0 Å². The van der Waals surface area contributed by atoms with Crippen molar-refractivity contribution in [3.8, 4) is 5.75 Å². The van der Waals surface area contributed by atoms with E-state index in [1.54, 1.807) is 31.8 Å². The second-order valence-corrected chi connectivity index (χ2v) is 4.28. The van der Waals surface area contributed by atoms with Crippen molar-refractivity contribution < 1.29 is 4.74 Å². The molecule has 0 bridgehead atoms. The lowest BCUT2D eigenvalue weighted by atomic mass is 10.2. The maximum absolute atomic E-state index is 5.98. The van der Waals surface area contributed by atoms with Gasteiger partial charge in [-0.1, -0.05) is 11.6 Å². The topological polar surface area (TPSA) is 47.0 Å². The number of methoxy groups -OCH3 is 1. The minimum absolute atomic E-state index is 0.0195. The quantitative estimate of drug-likeness (QED) is 0.919. The summed E-state index contributed by atoms with van der Waals surface area (Å²) in [4.78, 5) is 8.30. The molecule has 2 aromatic rings. The van der Waals surface area contributed by atoms with Gasteiger partial charge in [0.1, 0.15) is 5.75 Å². The lowest BCUT2D eigenvalue weighted by molar-refractivity contribution is 0.416. The summed E-state index contributed by atoms with van der Waals surface area (Å²) in [5.41, 5.74) is 1.70. The normalized spacial score (nSPS) is 11.9. The molecular formula is C13H14ClN3O. The molecule has 0 amide bonds. The molecule has 0 fully saturated rings. The average Bonchev–Trinajstić information content (AvgIpc) is 2.40. The van der Waals surface area contributed by atoms with Gasteiger partial charge in [0.2, 0.25) is 0 Å². The van der Waals surface area contributed by atoms with Crippen molar-refractivity contribution in [3.05, 3.63) is 47.5 Å². The molecule has 0 spiro atoms. The Morgan fingerprint density at radius 2 is 2.17 bits per heavy atom. The van der Waals surface area contributed by atoms with Gasteiger partial charge in [-0.05, 0) is 25.1 Å². The molecule has 0 radical (unpaired) electrons. The van der Waals surface area contributed by atoms with Crippen LogP contribution in [0, 0.1) is 0 Å². The molecule has 5 heteroatoms. The van der Waals surface area contributed by atoms with Crippen LogP contribution < -0.4 is 10.1 Å². The van der Waals surface area contributed by atoms with Crippen LogP contribution in [0.4, 0.5) is 5.69 Å². The summed E-state index contributed by atoms with van der Waals surface area (Å²) in [5.74, 6) is 0.746. The fourth-order valence-electron chi connectivity index (χ4n) is 1.63. The van der Waals surface area contributed by atoms with Crippen molar-refractivity contribution >= 4 is 17.3 Å². The first-order valence-electron chi connectivity index (χ1n) is 5.56. The standard InChI is InChI=1S/C13H14ClN3O/c1-9(12-8-15-5-6-16-12)17-11-7-10(14)3-4-13(11)18-2/h3-9,17H,1-2H3. The molecule has 1 atom stereocenters. The SMILES string of the molecule is COc1ccc(Cl)cc1NC(C)c1cnccn1. The van der Waals surface area contributed by atoms with E-state index >= 15 is 0 Å². The second-order valence-electron chi connectivity index (χ2n) is 3.84. The fourth-order valence-corrected chi connectivity index (χ4v) is 1.81. The Morgan fingerprint density at radius 3 is 2.83 bits per heavy atom. The number of aromatic nitrogens is 2. The molecule has 0 aliphatic carbocycles. The van der Waals surface area contributed by atoms with Gasteiger partial charge in [-0.3, -0.25) is 9.97 Å². The molecule has 0 aliphatic heterocycles. The first-order valence-corrected chi connectivity index (χ1v) is 5.94. The zero-order chi connectivity index (χ0) is 13.0. The van der Waals surface area contributed by atoms with Crippen LogP contribution in [0.15, 0.2) is 36.8 Å². The first kappa shape index (κ1) is 12.6. The summed E-state index contributed by atoms with van der Waals surface area (Å²) in [6, 6.07) is 5.46. The van der Waals surface area contributed by atoms with Gasteiger partial charge in [-0.25, -0.2) is 0 Å². The third kappa shape index (κ3) is 2.90. The van der Waals surface area contributed by atoms with E-state index in [0.717, 1.165) is 17.1 Å². The van der Waals surface area contributed by atoms with Gasteiger partial charge in [0, 0.05) is 17.4 Å². The number of halogens is 1.